The highest BCUT2D eigenvalue weighted by Crippen LogP contribution is 2.28. The second kappa shape index (κ2) is 9.67. The van der Waals surface area contributed by atoms with Crippen LogP contribution in [0.4, 0.5) is 13.2 Å². The molecule has 0 atom stereocenters. The number of nitrogens with zero attached hydrogens (tertiary/aromatic N) is 3. The van der Waals surface area contributed by atoms with E-state index in [0.29, 0.717) is 46.1 Å². The number of aliphatic imine (C=N–C) groups is 1. The Hall–Kier alpha value is -2.62. The van der Waals surface area contributed by atoms with Gasteiger partial charge in [0.2, 0.25) is 0 Å². The molecule has 0 bridgehead atoms. The minimum atomic E-state index is -4.26. The number of amidine groups is 1. The highest BCUT2D eigenvalue weighted by molar-refractivity contribution is 8.14. The van der Waals surface area contributed by atoms with Crippen LogP contribution in [0.1, 0.15) is 22.5 Å². The zero-order valence-electron chi connectivity index (χ0n) is 17.8. The molecule has 1 aliphatic rings. The number of aryl methyl sites for hydroxylation is 1. The molecule has 2 aromatic rings. The fourth-order valence-corrected chi connectivity index (χ4v) is 4.16. The van der Waals surface area contributed by atoms with Gasteiger partial charge in [-0.2, -0.15) is 18.3 Å². The average molecular weight is 455 g/mol. The highest BCUT2D eigenvalue weighted by Gasteiger charge is 2.30. The van der Waals surface area contributed by atoms with Gasteiger partial charge in [-0.15, -0.1) is 0 Å². The molecule has 0 saturated heterocycles. The van der Waals surface area contributed by atoms with Gasteiger partial charge in [-0.05, 0) is 44.0 Å². The van der Waals surface area contributed by atoms with Crippen molar-refractivity contribution in [2.45, 2.75) is 33.0 Å². The number of nitrogens with one attached hydrogen (secondary N) is 1. The summed E-state index contributed by atoms with van der Waals surface area (Å²) in [6.07, 6.45) is -3.54. The van der Waals surface area contributed by atoms with E-state index in [2.05, 4.69) is 15.5 Å². The molecule has 168 valence electrons. The summed E-state index contributed by atoms with van der Waals surface area (Å²) in [7, 11) is 3.19. The lowest BCUT2D eigenvalue weighted by atomic mass is 10.1. The van der Waals surface area contributed by atoms with E-state index in [0.717, 1.165) is 17.5 Å². The van der Waals surface area contributed by atoms with Crippen molar-refractivity contribution in [2.75, 3.05) is 26.5 Å². The van der Waals surface area contributed by atoms with Crippen LogP contribution in [0, 0.1) is 13.8 Å². The van der Waals surface area contributed by atoms with Crippen molar-refractivity contribution in [3.63, 3.8) is 0 Å². The summed E-state index contributed by atoms with van der Waals surface area (Å²) in [6.45, 7) is 2.93. The third-order valence-corrected chi connectivity index (χ3v) is 5.87. The van der Waals surface area contributed by atoms with E-state index in [9.17, 15) is 13.2 Å². The van der Waals surface area contributed by atoms with E-state index in [1.165, 1.54) is 16.3 Å². The predicted octanol–water partition coefficient (Wildman–Crippen LogP) is 4.32. The number of thioether (sulfide) groups is 1. The third kappa shape index (κ3) is 5.75. The predicted molar refractivity (Wildman–Crippen MR) is 118 cm³/mol. The standard InChI is InChI=1S/C21H25F3N4O2S/c1-13-9-16(14(2)28(13)12-21(22,23)24)17-11-31-20(27-26-17)25-8-7-15-5-6-18(29-3)19(10-15)30-4/h5-6,9-10H,7-8,11-12H2,1-4H3,(H,25,27). The lowest BCUT2D eigenvalue weighted by molar-refractivity contribution is -0.141. The lowest BCUT2D eigenvalue weighted by Gasteiger charge is -2.16. The van der Waals surface area contributed by atoms with Crippen molar-refractivity contribution in [1.29, 1.82) is 0 Å². The van der Waals surface area contributed by atoms with Gasteiger partial charge in [0.1, 0.15) is 6.54 Å². The zero-order chi connectivity index (χ0) is 22.6. The maximum Gasteiger partial charge on any atom is 0.406 e. The van der Waals surface area contributed by atoms with Crippen molar-refractivity contribution < 1.29 is 22.6 Å². The Morgan fingerprint density at radius 1 is 1.16 bits per heavy atom. The minimum absolute atomic E-state index is 0.540. The lowest BCUT2D eigenvalue weighted by Crippen LogP contribution is -2.26. The smallest absolute Gasteiger partial charge is 0.406 e. The maximum absolute atomic E-state index is 12.8. The van der Waals surface area contributed by atoms with Crippen molar-refractivity contribution in [1.82, 2.24) is 9.99 Å². The molecule has 10 heteroatoms. The van der Waals surface area contributed by atoms with Crippen molar-refractivity contribution in [3.8, 4) is 11.5 Å². The van der Waals surface area contributed by atoms with Gasteiger partial charge in [0.05, 0.1) is 19.9 Å². The number of halogens is 3. The fraction of sp³-hybridized carbons (Fsp3) is 0.429. The van der Waals surface area contributed by atoms with Crippen molar-refractivity contribution in [2.24, 2.45) is 10.1 Å². The Labute approximate surface area is 183 Å². The van der Waals surface area contributed by atoms with Gasteiger partial charge in [0, 0.05) is 29.2 Å². The molecule has 0 radical (unpaired) electrons. The van der Waals surface area contributed by atoms with E-state index in [1.807, 2.05) is 18.2 Å². The van der Waals surface area contributed by atoms with Crippen LogP contribution < -0.4 is 14.9 Å². The monoisotopic (exact) mass is 454 g/mol. The molecule has 0 spiro atoms. The van der Waals surface area contributed by atoms with Gasteiger partial charge in [-0.1, -0.05) is 17.8 Å². The minimum Gasteiger partial charge on any atom is -0.493 e. The van der Waals surface area contributed by atoms with E-state index < -0.39 is 12.7 Å². The molecule has 1 aromatic heterocycles. The summed E-state index contributed by atoms with van der Waals surface area (Å²) >= 11 is 1.48. The molecule has 1 aliphatic heterocycles. The van der Waals surface area contributed by atoms with E-state index >= 15 is 0 Å². The van der Waals surface area contributed by atoms with Crippen LogP contribution in [0.3, 0.4) is 0 Å². The molecule has 0 aliphatic carbocycles. The average Bonchev–Trinajstić information content (AvgIpc) is 3.01. The van der Waals surface area contributed by atoms with Crippen LogP contribution in [0.15, 0.2) is 34.4 Å². The Balaban J connectivity index is 1.63. The largest absolute Gasteiger partial charge is 0.493 e. The first-order valence-electron chi connectivity index (χ1n) is 9.66. The Bertz CT molecular complexity index is 999. The molecule has 0 fully saturated rings. The number of hydrazone groups is 1. The second-order valence-electron chi connectivity index (χ2n) is 7.07. The van der Waals surface area contributed by atoms with Crippen LogP contribution in [-0.4, -0.2) is 48.1 Å². The van der Waals surface area contributed by atoms with Crippen LogP contribution >= 0.6 is 11.8 Å². The number of hydrogen-bond donors (Lipinski definition) is 1. The number of methoxy groups -OCH3 is 2. The Morgan fingerprint density at radius 3 is 2.52 bits per heavy atom. The van der Waals surface area contributed by atoms with Gasteiger partial charge in [0.25, 0.3) is 0 Å². The molecule has 1 aromatic carbocycles. The number of hydrogen-bond acceptors (Lipinski definition) is 5. The summed E-state index contributed by atoms with van der Waals surface area (Å²) in [4.78, 5) is 4.53. The number of alkyl halides is 3. The van der Waals surface area contributed by atoms with Gasteiger partial charge >= 0.3 is 6.18 Å². The number of rotatable bonds is 7. The summed E-state index contributed by atoms with van der Waals surface area (Å²) in [5.74, 6) is 1.90. The first kappa shape index (κ1) is 23.1. The summed E-state index contributed by atoms with van der Waals surface area (Å²) in [6, 6.07) is 7.51. The highest BCUT2D eigenvalue weighted by atomic mass is 32.2. The Kier molecular flexibility index (Phi) is 7.19. The summed E-state index contributed by atoms with van der Waals surface area (Å²) in [5, 5.41) is 5.04. The van der Waals surface area contributed by atoms with Gasteiger partial charge in [0.15, 0.2) is 16.7 Å². The quantitative estimate of drug-likeness (QED) is 0.677. The fourth-order valence-electron chi connectivity index (χ4n) is 3.37. The molecule has 2 heterocycles. The summed E-state index contributed by atoms with van der Waals surface area (Å²) in [5.41, 5.74) is 6.56. The number of aromatic nitrogens is 1. The molecule has 0 unspecified atom stereocenters. The first-order valence-corrected chi connectivity index (χ1v) is 10.6. The molecule has 1 N–H and O–H groups in total. The number of benzene rings is 1. The zero-order valence-corrected chi connectivity index (χ0v) is 18.7. The molecular weight excluding hydrogens is 429 g/mol. The molecular formula is C21H25F3N4O2S. The molecule has 6 nitrogen and oxygen atoms in total. The van der Waals surface area contributed by atoms with Crippen LogP contribution in [-0.2, 0) is 13.0 Å². The van der Waals surface area contributed by atoms with Gasteiger partial charge in [-0.3, -0.25) is 10.4 Å². The van der Waals surface area contributed by atoms with Crippen molar-refractivity contribution >= 4 is 22.6 Å². The SMILES string of the molecule is COc1ccc(CCN=C2NN=C(c3cc(C)n(CC(F)(F)F)c3C)CS2)cc1OC. The second-order valence-corrected chi connectivity index (χ2v) is 8.04. The van der Waals surface area contributed by atoms with Crippen LogP contribution in [0.25, 0.3) is 0 Å². The topological polar surface area (TPSA) is 60.1 Å². The van der Waals surface area contributed by atoms with Gasteiger partial charge in [-0.25, -0.2) is 0 Å². The molecule has 0 amide bonds. The summed E-state index contributed by atoms with van der Waals surface area (Å²) < 4.78 is 50.3. The molecule has 31 heavy (non-hydrogen) atoms. The van der Waals surface area contributed by atoms with Gasteiger partial charge < -0.3 is 14.0 Å². The van der Waals surface area contributed by atoms with E-state index in [4.69, 9.17) is 9.47 Å². The normalized spacial score (nSPS) is 15.6. The van der Waals surface area contributed by atoms with E-state index in [-0.39, 0.29) is 0 Å². The van der Waals surface area contributed by atoms with Crippen LogP contribution in [0.2, 0.25) is 0 Å². The number of ether oxygens (including phenoxy) is 2. The van der Waals surface area contributed by atoms with E-state index in [1.54, 1.807) is 34.1 Å². The Morgan fingerprint density at radius 2 is 1.90 bits per heavy atom. The van der Waals surface area contributed by atoms with Crippen molar-refractivity contribution in [3.05, 3.63) is 46.8 Å². The maximum atomic E-state index is 12.8. The molecule has 3 rings (SSSR count). The van der Waals surface area contributed by atoms with Crippen LogP contribution in [0.5, 0.6) is 11.5 Å². The first-order chi connectivity index (χ1) is 14.7. The third-order valence-electron chi connectivity index (χ3n) is 4.96. The molecule has 0 saturated carbocycles.